The number of primary amides is 1. The summed E-state index contributed by atoms with van der Waals surface area (Å²) in [5, 5.41) is 3.27. The molecule has 1 unspecified atom stereocenters. The second-order valence-electron chi connectivity index (χ2n) is 7.23. The maximum atomic E-state index is 13.0. The highest BCUT2D eigenvalue weighted by Gasteiger charge is 2.40. The quantitative estimate of drug-likeness (QED) is 0.803. The van der Waals surface area contributed by atoms with Gasteiger partial charge in [0.15, 0.2) is 0 Å². The molecule has 142 valence electrons. The van der Waals surface area contributed by atoms with E-state index in [0.717, 1.165) is 9.10 Å². The number of fused-ring (bicyclic) bond motifs is 3. The van der Waals surface area contributed by atoms with Crippen LogP contribution in [-0.2, 0) is 0 Å². The number of hydrogen-bond donors (Lipinski definition) is 2. The van der Waals surface area contributed by atoms with Crippen LogP contribution in [-0.4, -0.2) is 36.0 Å². The topological polar surface area (TPSA) is 75.4 Å². The molecule has 1 atom stereocenters. The van der Waals surface area contributed by atoms with E-state index in [1.165, 1.54) is 48.8 Å². The number of thiophene rings is 1. The summed E-state index contributed by atoms with van der Waals surface area (Å²) in [6.07, 6.45) is 4.98. The molecule has 0 radical (unpaired) electrons. The standard InChI is InChI=1S/C20H23N3O2S2/c1-23-13-8-6-12(7-9-13)19(23)22-20(25)14-4-2-3-5-15(14)26-17-11-10-16(27-17)18(21)24/h2-5,10-13,19H,6-9H2,1H3,(H2,21,24)(H,22,25). The largest absolute Gasteiger partial charge is 0.365 e. The zero-order valence-electron chi connectivity index (χ0n) is 15.2. The van der Waals surface area contributed by atoms with E-state index < -0.39 is 5.91 Å². The molecule has 5 nitrogen and oxygen atoms in total. The molecular formula is C20H23N3O2S2. The predicted octanol–water partition coefficient (Wildman–Crippen LogP) is 3.56. The molecule has 1 saturated carbocycles. The Bertz CT molecular complexity index is 856. The number of nitrogens with two attached hydrogens (primary N) is 1. The number of carbonyl (C=O) groups is 2. The first-order valence-electron chi connectivity index (χ1n) is 9.22. The van der Waals surface area contributed by atoms with Crippen LogP contribution in [0.5, 0.6) is 0 Å². The number of amides is 2. The van der Waals surface area contributed by atoms with Gasteiger partial charge in [0.2, 0.25) is 0 Å². The maximum Gasteiger partial charge on any atom is 0.258 e. The molecule has 5 rings (SSSR count). The molecule has 2 aromatic rings. The van der Waals surface area contributed by atoms with Gasteiger partial charge in [0, 0.05) is 10.9 Å². The zero-order valence-corrected chi connectivity index (χ0v) is 16.8. The third-order valence-electron chi connectivity index (χ3n) is 5.65. The third kappa shape index (κ3) is 3.77. The van der Waals surface area contributed by atoms with Crippen molar-refractivity contribution >= 4 is 34.9 Å². The second-order valence-corrected chi connectivity index (χ2v) is 9.66. The van der Waals surface area contributed by atoms with Crippen LogP contribution in [0, 0.1) is 5.92 Å². The van der Waals surface area contributed by atoms with Crippen LogP contribution in [0.4, 0.5) is 0 Å². The van der Waals surface area contributed by atoms with Gasteiger partial charge in [0.05, 0.1) is 20.8 Å². The smallest absolute Gasteiger partial charge is 0.258 e. The molecule has 3 fully saturated rings. The van der Waals surface area contributed by atoms with Gasteiger partial charge >= 0.3 is 0 Å². The van der Waals surface area contributed by atoms with E-state index in [0.29, 0.717) is 22.4 Å². The molecule has 1 aromatic heterocycles. The molecule has 1 aliphatic carbocycles. The van der Waals surface area contributed by atoms with Crippen molar-refractivity contribution in [1.82, 2.24) is 10.2 Å². The van der Waals surface area contributed by atoms with Gasteiger partial charge in [-0.1, -0.05) is 23.9 Å². The van der Waals surface area contributed by atoms with Crippen molar-refractivity contribution in [2.45, 2.75) is 47.0 Å². The Hall–Kier alpha value is -1.83. The summed E-state index contributed by atoms with van der Waals surface area (Å²) in [6.45, 7) is 0. The molecule has 2 aliphatic heterocycles. The van der Waals surface area contributed by atoms with E-state index in [9.17, 15) is 9.59 Å². The Balaban J connectivity index is 1.51. The van der Waals surface area contributed by atoms with Crippen molar-refractivity contribution in [2.24, 2.45) is 11.7 Å². The van der Waals surface area contributed by atoms with Crippen LogP contribution >= 0.6 is 23.1 Å². The van der Waals surface area contributed by atoms with Crippen molar-refractivity contribution in [3.8, 4) is 0 Å². The molecule has 3 heterocycles. The summed E-state index contributed by atoms with van der Waals surface area (Å²) in [5.74, 6) is 0.0848. The van der Waals surface area contributed by atoms with Crippen molar-refractivity contribution < 1.29 is 9.59 Å². The van der Waals surface area contributed by atoms with Crippen molar-refractivity contribution in [3.05, 3.63) is 46.8 Å². The normalized spacial score (nSPS) is 24.7. The number of piperidine rings is 2. The fourth-order valence-electron chi connectivity index (χ4n) is 4.18. The highest BCUT2D eigenvalue weighted by atomic mass is 32.2. The molecule has 2 bridgehead atoms. The summed E-state index contributed by atoms with van der Waals surface area (Å²) < 4.78 is 0.942. The average Bonchev–Trinajstić information content (AvgIpc) is 3.14. The minimum Gasteiger partial charge on any atom is -0.365 e. The number of nitrogens with one attached hydrogen (secondary N) is 1. The van der Waals surface area contributed by atoms with Gasteiger partial charge in [-0.3, -0.25) is 14.5 Å². The van der Waals surface area contributed by atoms with Crippen molar-refractivity contribution in [2.75, 3.05) is 7.05 Å². The van der Waals surface area contributed by atoms with Gasteiger partial charge in [-0.05, 0) is 62.9 Å². The Morgan fingerprint density at radius 3 is 2.56 bits per heavy atom. The van der Waals surface area contributed by atoms with Gasteiger partial charge in [-0.2, -0.15) is 0 Å². The first-order valence-corrected chi connectivity index (χ1v) is 10.9. The van der Waals surface area contributed by atoms with E-state index in [1.54, 1.807) is 6.07 Å². The lowest BCUT2D eigenvalue weighted by atomic mass is 9.78. The number of nitrogens with zero attached hydrogens (tertiary/aromatic N) is 1. The molecule has 1 aromatic carbocycles. The van der Waals surface area contributed by atoms with E-state index in [-0.39, 0.29) is 12.1 Å². The summed E-state index contributed by atoms with van der Waals surface area (Å²) in [4.78, 5) is 28.1. The third-order valence-corrected chi connectivity index (χ3v) is 7.96. The van der Waals surface area contributed by atoms with Crippen LogP contribution in [0.1, 0.15) is 45.7 Å². The van der Waals surface area contributed by atoms with Crippen LogP contribution in [0.3, 0.4) is 0 Å². The van der Waals surface area contributed by atoms with E-state index in [1.807, 2.05) is 30.3 Å². The van der Waals surface area contributed by atoms with Crippen LogP contribution < -0.4 is 11.1 Å². The Morgan fingerprint density at radius 2 is 1.89 bits per heavy atom. The van der Waals surface area contributed by atoms with Gasteiger partial charge in [0.25, 0.3) is 11.8 Å². The van der Waals surface area contributed by atoms with Gasteiger partial charge in [0.1, 0.15) is 0 Å². The maximum absolute atomic E-state index is 13.0. The average molecular weight is 402 g/mol. The zero-order chi connectivity index (χ0) is 19.0. The molecule has 3 aliphatic rings. The predicted molar refractivity (Wildman–Crippen MR) is 108 cm³/mol. The molecular weight excluding hydrogens is 378 g/mol. The molecule has 2 amide bonds. The molecule has 3 N–H and O–H groups in total. The Kier molecular flexibility index (Phi) is 5.25. The van der Waals surface area contributed by atoms with Crippen LogP contribution in [0.15, 0.2) is 45.5 Å². The number of benzene rings is 1. The number of rotatable bonds is 5. The summed E-state index contributed by atoms with van der Waals surface area (Å²) in [7, 11) is 2.12. The number of carbonyl (C=O) groups excluding carboxylic acids is 2. The lowest BCUT2D eigenvalue weighted by molar-refractivity contribution is -0.00692. The number of hydrogen-bond acceptors (Lipinski definition) is 5. The molecule has 27 heavy (non-hydrogen) atoms. The van der Waals surface area contributed by atoms with Gasteiger partial charge in [-0.25, -0.2) is 0 Å². The van der Waals surface area contributed by atoms with Crippen LogP contribution in [0.25, 0.3) is 0 Å². The first kappa shape index (κ1) is 18.5. The van der Waals surface area contributed by atoms with Crippen LogP contribution in [0.2, 0.25) is 0 Å². The highest BCUT2D eigenvalue weighted by Crippen LogP contribution is 2.38. The minimum atomic E-state index is -0.423. The fraction of sp³-hybridized carbons (Fsp3) is 0.400. The summed E-state index contributed by atoms with van der Waals surface area (Å²) >= 11 is 2.85. The summed E-state index contributed by atoms with van der Waals surface area (Å²) in [6, 6.07) is 11.8. The van der Waals surface area contributed by atoms with Gasteiger partial charge < -0.3 is 11.1 Å². The SMILES string of the molecule is CN1C2CCC(CC2)C1NC(=O)c1ccccc1Sc1ccc(C(N)=O)s1. The Morgan fingerprint density at radius 1 is 1.15 bits per heavy atom. The van der Waals surface area contributed by atoms with Crippen molar-refractivity contribution in [1.29, 1.82) is 0 Å². The lowest BCUT2D eigenvalue weighted by Crippen LogP contribution is -2.60. The van der Waals surface area contributed by atoms with E-state index >= 15 is 0 Å². The lowest BCUT2D eigenvalue weighted by Gasteiger charge is -2.49. The Labute approximate surface area is 167 Å². The molecule has 0 spiro atoms. The monoisotopic (exact) mass is 401 g/mol. The minimum absolute atomic E-state index is 0.0332. The second kappa shape index (κ2) is 7.66. The molecule has 7 heteroatoms. The van der Waals surface area contributed by atoms with Crippen molar-refractivity contribution in [3.63, 3.8) is 0 Å². The van der Waals surface area contributed by atoms with E-state index in [2.05, 4.69) is 17.3 Å². The highest BCUT2D eigenvalue weighted by molar-refractivity contribution is 8.01. The van der Waals surface area contributed by atoms with E-state index in [4.69, 9.17) is 5.73 Å². The molecule has 2 saturated heterocycles. The first-order chi connectivity index (χ1) is 13.0. The summed E-state index contributed by atoms with van der Waals surface area (Å²) in [5.41, 5.74) is 6.01. The van der Waals surface area contributed by atoms with Gasteiger partial charge in [-0.15, -0.1) is 11.3 Å². The fourth-order valence-corrected chi connectivity index (χ4v) is 6.24.